The van der Waals surface area contributed by atoms with E-state index >= 15 is 0 Å². The molecule has 0 atom stereocenters. The summed E-state index contributed by atoms with van der Waals surface area (Å²) in [5, 5.41) is 5.38. The molecule has 158 valence electrons. The molecule has 3 N–H and O–H groups in total. The van der Waals surface area contributed by atoms with E-state index in [1.807, 2.05) is 13.8 Å². The van der Waals surface area contributed by atoms with E-state index < -0.39 is 11.5 Å². The zero-order chi connectivity index (χ0) is 21.9. The van der Waals surface area contributed by atoms with Gasteiger partial charge in [0.25, 0.3) is 11.5 Å². The minimum Gasteiger partial charge on any atom is -0.375 e. The number of aromatic amines is 1. The van der Waals surface area contributed by atoms with E-state index in [2.05, 4.69) is 15.6 Å². The summed E-state index contributed by atoms with van der Waals surface area (Å²) in [6.07, 6.45) is 0.946. The second-order valence-corrected chi connectivity index (χ2v) is 8.21. The Balaban J connectivity index is 1.72. The van der Waals surface area contributed by atoms with Crippen LogP contribution in [0.2, 0.25) is 0 Å². The molecule has 8 nitrogen and oxygen atoms in total. The Morgan fingerprint density at radius 1 is 1.17 bits per heavy atom. The van der Waals surface area contributed by atoms with Crippen molar-refractivity contribution < 1.29 is 19.1 Å². The van der Waals surface area contributed by atoms with E-state index in [0.29, 0.717) is 29.8 Å². The van der Waals surface area contributed by atoms with Crippen LogP contribution >= 0.6 is 0 Å². The number of aromatic nitrogens is 1. The van der Waals surface area contributed by atoms with Crippen molar-refractivity contribution in [1.82, 2.24) is 10.3 Å². The number of ketones is 1. The van der Waals surface area contributed by atoms with Crippen molar-refractivity contribution in [1.29, 1.82) is 0 Å². The Labute approximate surface area is 174 Å². The van der Waals surface area contributed by atoms with Crippen molar-refractivity contribution >= 4 is 23.3 Å². The minimum atomic E-state index is -0.564. The summed E-state index contributed by atoms with van der Waals surface area (Å²) in [6.45, 7) is 4.04. The normalized spacial score (nSPS) is 14.7. The monoisotopic (exact) mass is 411 g/mol. The molecule has 1 aromatic heterocycles. The number of amides is 2. The number of methoxy groups -OCH3 is 1. The topological polar surface area (TPSA) is 117 Å². The molecule has 0 aliphatic heterocycles. The Hall–Kier alpha value is -3.26. The molecule has 30 heavy (non-hydrogen) atoms. The number of fused-ring (bicyclic) bond motifs is 1. The number of benzene rings is 1. The van der Waals surface area contributed by atoms with Crippen molar-refractivity contribution in [3.05, 3.63) is 63.1 Å². The van der Waals surface area contributed by atoms with Crippen LogP contribution in [0, 0.1) is 5.41 Å². The lowest BCUT2D eigenvalue weighted by Gasteiger charge is -2.29. The molecular formula is C22H25N3O5. The maximum Gasteiger partial charge on any atom is 0.261 e. The first-order chi connectivity index (χ1) is 14.2. The number of ether oxygens (including phenoxy) is 1. The summed E-state index contributed by atoms with van der Waals surface area (Å²) in [5.41, 5.74) is 1.47. The van der Waals surface area contributed by atoms with Crippen LogP contribution in [-0.2, 0) is 22.5 Å². The fourth-order valence-corrected chi connectivity index (χ4v) is 3.56. The summed E-state index contributed by atoms with van der Waals surface area (Å²) in [5.74, 6) is -0.927. The summed E-state index contributed by atoms with van der Waals surface area (Å²) in [4.78, 5) is 51.8. The van der Waals surface area contributed by atoms with Crippen LogP contribution in [0.3, 0.4) is 0 Å². The highest BCUT2D eigenvalue weighted by atomic mass is 16.5. The number of hydrogen-bond acceptors (Lipinski definition) is 5. The molecule has 0 bridgehead atoms. The highest BCUT2D eigenvalue weighted by Crippen LogP contribution is 2.33. The molecule has 0 saturated heterocycles. The molecule has 0 fully saturated rings. The van der Waals surface area contributed by atoms with Crippen molar-refractivity contribution in [3.63, 3.8) is 0 Å². The van der Waals surface area contributed by atoms with Gasteiger partial charge in [-0.1, -0.05) is 26.0 Å². The predicted octanol–water partition coefficient (Wildman–Crippen LogP) is 2.04. The molecule has 2 aromatic rings. The standard InChI is InChI=1S/C22H25N3O5/c1-22(2)9-17-15(18(26)10-22)8-16(21(29)25-17)20(28)23-11-13-5-4-6-14(7-13)24-19(27)12-30-3/h4-8H,9-12H2,1-3H3,(H,23,28)(H,24,27)(H,25,29). The minimum absolute atomic E-state index is 0.0576. The van der Waals surface area contributed by atoms with Gasteiger partial charge < -0.3 is 20.4 Å². The van der Waals surface area contributed by atoms with Crippen LogP contribution in [0.5, 0.6) is 0 Å². The molecule has 0 radical (unpaired) electrons. The molecule has 2 amide bonds. The number of carbonyl (C=O) groups is 3. The van der Waals surface area contributed by atoms with Crippen LogP contribution in [-0.4, -0.2) is 36.3 Å². The number of anilines is 1. The van der Waals surface area contributed by atoms with Gasteiger partial charge in [0.2, 0.25) is 5.91 Å². The molecule has 1 aliphatic rings. The van der Waals surface area contributed by atoms with Crippen LogP contribution in [0.25, 0.3) is 0 Å². The van der Waals surface area contributed by atoms with Gasteiger partial charge >= 0.3 is 0 Å². The predicted molar refractivity (Wildman–Crippen MR) is 112 cm³/mol. The van der Waals surface area contributed by atoms with Gasteiger partial charge in [0.05, 0.1) is 0 Å². The van der Waals surface area contributed by atoms with Gasteiger partial charge in [0.1, 0.15) is 12.2 Å². The van der Waals surface area contributed by atoms with E-state index in [4.69, 9.17) is 4.74 Å². The molecule has 1 aliphatic carbocycles. The smallest absolute Gasteiger partial charge is 0.261 e. The average Bonchev–Trinajstić information content (AvgIpc) is 2.65. The molecule has 0 unspecified atom stereocenters. The van der Waals surface area contributed by atoms with E-state index in [1.54, 1.807) is 24.3 Å². The third kappa shape index (κ3) is 5.01. The molecular weight excluding hydrogens is 386 g/mol. The van der Waals surface area contributed by atoms with E-state index in [0.717, 1.165) is 5.56 Å². The second-order valence-electron chi connectivity index (χ2n) is 8.21. The zero-order valence-corrected chi connectivity index (χ0v) is 17.3. The fraction of sp³-hybridized carbons (Fsp3) is 0.364. The van der Waals surface area contributed by atoms with Gasteiger partial charge in [0, 0.05) is 37.0 Å². The zero-order valence-electron chi connectivity index (χ0n) is 17.3. The maximum atomic E-state index is 12.6. The van der Waals surface area contributed by atoms with Crippen molar-refractivity contribution in [2.75, 3.05) is 19.0 Å². The number of pyridine rings is 1. The third-order valence-corrected chi connectivity index (χ3v) is 4.90. The van der Waals surface area contributed by atoms with Gasteiger partial charge in [-0.05, 0) is 35.6 Å². The van der Waals surface area contributed by atoms with Gasteiger partial charge in [-0.15, -0.1) is 0 Å². The first-order valence-electron chi connectivity index (χ1n) is 9.64. The Bertz CT molecular complexity index is 1050. The highest BCUT2D eigenvalue weighted by Gasteiger charge is 2.32. The molecule has 0 spiro atoms. The lowest BCUT2D eigenvalue weighted by Crippen LogP contribution is -2.34. The summed E-state index contributed by atoms with van der Waals surface area (Å²) >= 11 is 0. The number of nitrogens with one attached hydrogen (secondary N) is 3. The first kappa shape index (κ1) is 21.4. The maximum absolute atomic E-state index is 12.6. The average molecular weight is 411 g/mol. The number of carbonyl (C=O) groups excluding carboxylic acids is 3. The largest absolute Gasteiger partial charge is 0.375 e. The molecule has 0 saturated carbocycles. The molecule has 1 heterocycles. The number of rotatable bonds is 6. The second kappa shape index (κ2) is 8.62. The summed E-state index contributed by atoms with van der Waals surface area (Å²) in [6, 6.07) is 8.37. The van der Waals surface area contributed by atoms with Crippen molar-refractivity contribution in [2.24, 2.45) is 5.41 Å². The Kier molecular flexibility index (Phi) is 6.17. The lowest BCUT2D eigenvalue weighted by molar-refractivity contribution is -0.119. The van der Waals surface area contributed by atoms with Crippen LogP contribution in [0.4, 0.5) is 5.69 Å². The first-order valence-corrected chi connectivity index (χ1v) is 9.64. The SMILES string of the molecule is COCC(=O)Nc1cccc(CNC(=O)c2cc3c([nH]c2=O)CC(C)(C)CC3=O)c1. The number of hydrogen-bond donors (Lipinski definition) is 3. The Morgan fingerprint density at radius 2 is 1.93 bits per heavy atom. The van der Waals surface area contributed by atoms with Gasteiger partial charge in [-0.2, -0.15) is 0 Å². The van der Waals surface area contributed by atoms with Crippen molar-refractivity contribution in [2.45, 2.75) is 33.2 Å². The fourth-order valence-electron chi connectivity index (χ4n) is 3.56. The summed E-state index contributed by atoms with van der Waals surface area (Å²) in [7, 11) is 1.43. The number of Topliss-reactive ketones (excluding diaryl/α,β-unsaturated/α-hetero) is 1. The molecule has 8 heteroatoms. The molecule has 3 rings (SSSR count). The summed E-state index contributed by atoms with van der Waals surface area (Å²) < 4.78 is 4.78. The third-order valence-electron chi connectivity index (χ3n) is 4.90. The van der Waals surface area contributed by atoms with Gasteiger partial charge in [-0.3, -0.25) is 19.2 Å². The Morgan fingerprint density at radius 3 is 2.67 bits per heavy atom. The number of H-pyrrole nitrogens is 1. The van der Waals surface area contributed by atoms with Crippen LogP contribution in [0.15, 0.2) is 35.1 Å². The van der Waals surface area contributed by atoms with E-state index in [9.17, 15) is 19.2 Å². The van der Waals surface area contributed by atoms with E-state index in [1.165, 1.54) is 13.2 Å². The quantitative estimate of drug-likeness (QED) is 0.672. The van der Waals surface area contributed by atoms with Crippen molar-refractivity contribution in [3.8, 4) is 0 Å². The highest BCUT2D eigenvalue weighted by molar-refractivity contribution is 6.02. The lowest BCUT2D eigenvalue weighted by atomic mass is 9.75. The van der Waals surface area contributed by atoms with Crippen LogP contribution in [0.1, 0.15) is 52.2 Å². The van der Waals surface area contributed by atoms with Gasteiger partial charge in [0.15, 0.2) is 5.78 Å². The van der Waals surface area contributed by atoms with Crippen LogP contribution < -0.4 is 16.2 Å². The van der Waals surface area contributed by atoms with E-state index in [-0.39, 0.29) is 35.8 Å². The molecule has 1 aromatic carbocycles. The van der Waals surface area contributed by atoms with Gasteiger partial charge in [-0.25, -0.2) is 0 Å².